The molecule has 98 valence electrons. The molecule has 0 saturated carbocycles. The smallest absolute Gasteiger partial charge is 0.243 e. The van der Waals surface area contributed by atoms with Crippen LogP contribution in [0, 0.1) is 0 Å². The second-order valence-electron chi connectivity index (χ2n) is 3.78. The highest BCUT2D eigenvalue weighted by Crippen LogP contribution is 2.05. The number of sulfonamides is 1. The number of nitrogens with one attached hydrogen (secondary N) is 1. The van der Waals surface area contributed by atoms with Crippen LogP contribution in [0.2, 0.25) is 0 Å². The minimum Gasteiger partial charge on any atom is -0.396 e. The molecule has 0 amide bonds. The van der Waals surface area contributed by atoms with Crippen molar-refractivity contribution in [2.75, 3.05) is 12.3 Å². The molecule has 0 spiro atoms. The van der Waals surface area contributed by atoms with Crippen molar-refractivity contribution in [1.82, 2.24) is 24.3 Å². The Morgan fingerprint density at radius 1 is 1.33 bits per heavy atom. The first-order valence-corrected chi connectivity index (χ1v) is 6.72. The number of rotatable bonds is 5. The van der Waals surface area contributed by atoms with E-state index >= 15 is 0 Å². The molecule has 0 aliphatic heterocycles. The molecule has 0 bridgehead atoms. The van der Waals surface area contributed by atoms with Gasteiger partial charge in [-0.2, -0.15) is 10.2 Å². The van der Waals surface area contributed by atoms with Crippen molar-refractivity contribution in [3.05, 3.63) is 24.8 Å². The highest BCUT2D eigenvalue weighted by atomic mass is 32.2. The Kier molecular flexibility index (Phi) is 3.34. The second kappa shape index (κ2) is 4.78. The summed E-state index contributed by atoms with van der Waals surface area (Å²) >= 11 is 0. The number of hydrogen-bond acceptors (Lipinski definition) is 5. The van der Waals surface area contributed by atoms with Crippen LogP contribution in [0.4, 0.5) is 5.69 Å². The van der Waals surface area contributed by atoms with Crippen LogP contribution in [-0.4, -0.2) is 34.5 Å². The zero-order valence-corrected chi connectivity index (χ0v) is 10.6. The Labute approximate surface area is 104 Å². The first-order chi connectivity index (χ1) is 8.47. The largest absolute Gasteiger partial charge is 0.396 e. The molecule has 0 radical (unpaired) electrons. The molecular formula is C9H14N6O2S. The number of aryl methyl sites for hydroxylation is 1. The van der Waals surface area contributed by atoms with Gasteiger partial charge in [-0.05, 0) is 0 Å². The summed E-state index contributed by atoms with van der Waals surface area (Å²) in [5, 5.41) is 7.77. The zero-order chi connectivity index (χ0) is 13.2. The molecule has 0 aliphatic carbocycles. The van der Waals surface area contributed by atoms with Gasteiger partial charge in [0, 0.05) is 26.0 Å². The molecule has 2 rings (SSSR count). The summed E-state index contributed by atoms with van der Waals surface area (Å²) < 4.78 is 29.1. The molecule has 9 heteroatoms. The van der Waals surface area contributed by atoms with E-state index in [-0.39, 0.29) is 11.4 Å². The normalized spacial score (nSPS) is 11.8. The molecule has 0 aromatic carbocycles. The lowest BCUT2D eigenvalue weighted by Gasteiger charge is -2.04. The van der Waals surface area contributed by atoms with E-state index in [0.29, 0.717) is 12.2 Å². The summed E-state index contributed by atoms with van der Waals surface area (Å²) in [6, 6.07) is 0. The van der Waals surface area contributed by atoms with Gasteiger partial charge in [0.1, 0.15) is 4.90 Å². The number of nitrogen functional groups attached to an aromatic ring is 1. The van der Waals surface area contributed by atoms with Crippen LogP contribution in [0.25, 0.3) is 0 Å². The van der Waals surface area contributed by atoms with Gasteiger partial charge in [-0.1, -0.05) is 0 Å². The fourth-order valence-electron chi connectivity index (χ4n) is 1.42. The number of anilines is 1. The van der Waals surface area contributed by atoms with E-state index in [1.165, 1.54) is 23.3 Å². The van der Waals surface area contributed by atoms with Gasteiger partial charge in [0.05, 0.1) is 24.6 Å². The lowest BCUT2D eigenvalue weighted by Crippen LogP contribution is -2.27. The Morgan fingerprint density at radius 2 is 2.11 bits per heavy atom. The monoisotopic (exact) mass is 270 g/mol. The average molecular weight is 270 g/mol. The van der Waals surface area contributed by atoms with Crippen molar-refractivity contribution in [2.24, 2.45) is 7.05 Å². The van der Waals surface area contributed by atoms with Gasteiger partial charge < -0.3 is 5.73 Å². The van der Waals surface area contributed by atoms with Crippen LogP contribution in [0.15, 0.2) is 29.7 Å². The lowest BCUT2D eigenvalue weighted by atomic mass is 10.6. The van der Waals surface area contributed by atoms with E-state index in [0.717, 1.165) is 0 Å². The summed E-state index contributed by atoms with van der Waals surface area (Å²) in [5.41, 5.74) is 6.04. The number of hydrogen-bond donors (Lipinski definition) is 2. The van der Waals surface area contributed by atoms with Gasteiger partial charge in [0.15, 0.2) is 0 Å². The summed E-state index contributed by atoms with van der Waals surface area (Å²) in [4.78, 5) is 0.143. The fourth-order valence-corrected chi connectivity index (χ4v) is 2.42. The molecular weight excluding hydrogens is 256 g/mol. The van der Waals surface area contributed by atoms with Crippen molar-refractivity contribution in [1.29, 1.82) is 0 Å². The molecule has 0 unspecified atom stereocenters. The topological polar surface area (TPSA) is 108 Å². The Bertz CT molecular complexity index is 629. The molecule has 2 heterocycles. The number of aromatic nitrogens is 4. The van der Waals surface area contributed by atoms with Gasteiger partial charge in [-0.15, -0.1) is 0 Å². The van der Waals surface area contributed by atoms with Crippen LogP contribution in [0.3, 0.4) is 0 Å². The van der Waals surface area contributed by atoms with Crippen LogP contribution in [0.5, 0.6) is 0 Å². The Hall–Kier alpha value is -1.87. The number of nitrogens with two attached hydrogens (primary N) is 1. The lowest BCUT2D eigenvalue weighted by molar-refractivity contribution is 0.561. The van der Waals surface area contributed by atoms with Gasteiger partial charge in [0.2, 0.25) is 10.0 Å². The predicted molar refractivity (Wildman–Crippen MR) is 65.0 cm³/mol. The molecule has 0 fully saturated rings. The maximum Gasteiger partial charge on any atom is 0.243 e. The third-order valence-corrected chi connectivity index (χ3v) is 3.69. The highest BCUT2D eigenvalue weighted by Gasteiger charge is 2.15. The minimum absolute atomic E-state index is 0.143. The van der Waals surface area contributed by atoms with E-state index in [1.807, 2.05) is 0 Å². The van der Waals surface area contributed by atoms with Gasteiger partial charge >= 0.3 is 0 Å². The molecule has 0 atom stereocenters. The molecule has 2 aromatic heterocycles. The molecule has 0 saturated heterocycles. The van der Waals surface area contributed by atoms with Crippen molar-refractivity contribution in [3.63, 3.8) is 0 Å². The van der Waals surface area contributed by atoms with E-state index in [1.54, 1.807) is 17.9 Å². The summed E-state index contributed by atoms with van der Waals surface area (Å²) in [6.45, 7) is 0.648. The van der Waals surface area contributed by atoms with Crippen LogP contribution < -0.4 is 10.5 Å². The first-order valence-electron chi connectivity index (χ1n) is 5.23. The third-order valence-electron chi connectivity index (χ3n) is 2.28. The average Bonchev–Trinajstić information content (AvgIpc) is 2.88. The minimum atomic E-state index is -3.51. The predicted octanol–water partition coefficient (Wildman–Crippen LogP) is -0.823. The molecule has 0 aliphatic rings. The molecule has 2 aromatic rings. The summed E-state index contributed by atoms with van der Waals surface area (Å²) in [7, 11) is -1.85. The number of nitrogens with zero attached hydrogens (tertiary/aromatic N) is 4. The van der Waals surface area contributed by atoms with E-state index < -0.39 is 10.0 Å². The molecule has 8 nitrogen and oxygen atoms in total. The van der Waals surface area contributed by atoms with Gasteiger partial charge in [0.25, 0.3) is 0 Å². The summed E-state index contributed by atoms with van der Waals surface area (Å²) in [6.07, 6.45) is 5.89. The SMILES string of the molecule is Cn1cc(S(=O)(=O)NCCn2cc(N)cn2)cn1. The van der Waals surface area contributed by atoms with Crippen LogP contribution in [0.1, 0.15) is 0 Å². The molecule has 18 heavy (non-hydrogen) atoms. The highest BCUT2D eigenvalue weighted by molar-refractivity contribution is 7.89. The quantitative estimate of drug-likeness (QED) is 0.738. The van der Waals surface area contributed by atoms with E-state index in [9.17, 15) is 8.42 Å². The van der Waals surface area contributed by atoms with Crippen LogP contribution >= 0.6 is 0 Å². The maximum absolute atomic E-state index is 11.8. The van der Waals surface area contributed by atoms with Gasteiger partial charge in [-0.3, -0.25) is 9.36 Å². The van der Waals surface area contributed by atoms with Crippen molar-refractivity contribution >= 4 is 15.7 Å². The first kappa shape index (κ1) is 12.6. The second-order valence-corrected chi connectivity index (χ2v) is 5.55. The van der Waals surface area contributed by atoms with Gasteiger partial charge in [-0.25, -0.2) is 13.1 Å². The third kappa shape index (κ3) is 2.87. The van der Waals surface area contributed by atoms with Crippen molar-refractivity contribution < 1.29 is 8.42 Å². The summed E-state index contributed by atoms with van der Waals surface area (Å²) in [5.74, 6) is 0. The van der Waals surface area contributed by atoms with Crippen molar-refractivity contribution in [2.45, 2.75) is 11.4 Å². The zero-order valence-electron chi connectivity index (χ0n) is 9.81. The van der Waals surface area contributed by atoms with Crippen LogP contribution in [-0.2, 0) is 23.6 Å². The Morgan fingerprint density at radius 3 is 2.67 bits per heavy atom. The van der Waals surface area contributed by atoms with E-state index in [4.69, 9.17) is 5.73 Å². The fraction of sp³-hybridized carbons (Fsp3) is 0.333. The van der Waals surface area contributed by atoms with Crippen molar-refractivity contribution in [3.8, 4) is 0 Å². The maximum atomic E-state index is 11.8. The molecule has 3 N–H and O–H groups in total. The Balaban J connectivity index is 1.93. The standard InChI is InChI=1S/C9H14N6O2S/c1-14-7-9(5-11-14)18(16,17)13-2-3-15-6-8(10)4-12-15/h4-7,13H,2-3,10H2,1H3. The van der Waals surface area contributed by atoms with E-state index in [2.05, 4.69) is 14.9 Å².